The zero-order valence-corrected chi connectivity index (χ0v) is 9.41. The van der Waals surface area contributed by atoms with Crippen LogP contribution in [0.5, 0.6) is 0 Å². The van der Waals surface area contributed by atoms with Crippen molar-refractivity contribution >= 4 is 11.0 Å². The Bertz CT molecular complexity index is 499. The van der Waals surface area contributed by atoms with Crippen molar-refractivity contribution in [1.82, 2.24) is 14.5 Å². The summed E-state index contributed by atoms with van der Waals surface area (Å²) in [5.74, 6) is 0.893. The lowest BCUT2D eigenvalue weighted by molar-refractivity contribution is 0.892. The minimum Gasteiger partial charge on any atom is -0.335 e. The van der Waals surface area contributed by atoms with Gasteiger partial charge in [-0.05, 0) is 12.5 Å². The Balaban J connectivity index is 2.81. The lowest BCUT2D eigenvalue weighted by Gasteiger charge is -2.02. The Kier molecular flexibility index (Phi) is 2.44. The molecule has 2 aromatic heterocycles. The molecule has 0 radical (unpaired) electrons. The highest BCUT2D eigenvalue weighted by molar-refractivity contribution is 5.82. The van der Waals surface area contributed by atoms with Gasteiger partial charge in [0.25, 0.3) is 0 Å². The first kappa shape index (κ1) is 10.1. The van der Waals surface area contributed by atoms with E-state index in [0.717, 1.165) is 34.5 Å². The molecule has 4 nitrogen and oxygen atoms in total. The fourth-order valence-corrected chi connectivity index (χ4v) is 1.92. The number of aryl methyl sites for hydroxylation is 3. The summed E-state index contributed by atoms with van der Waals surface area (Å²) in [6, 6.07) is 0. The maximum atomic E-state index is 5.70. The molecular weight excluding hydrogens is 188 g/mol. The average Bonchev–Trinajstić information content (AvgIpc) is 2.56. The molecule has 0 bridgehead atoms. The summed E-state index contributed by atoms with van der Waals surface area (Å²) >= 11 is 0. The second-order valence-electron chi connectivity index (χ2n) is 3.75. The van der Waals surface area contributed by atoms with Gasteiger partial charge in [-0.1, -0.05) is 6.92 Å². The van der Waals surface area contributed by atoms with Crippen LogP contribution in [0.25, 0.3) is 11.0 Å². The van der Waals surface area contributed by atoms with Crippen molar-refractivity contribution in [3.8, 4) is 0 Å². The van der Waals surface area contributed by atoms with E-state index in [2.05, 4.69) is 16.9 Å². The molecule has 0 atom stereocenters. The molecule has 2 N–H and O–H groups in total. The van der Waals surface area contributed by atoms with E-state index in [1.807, 2.05) is 24.7 Å². The van der Waals surface area contributed by atoms with Gasteiger partial charge in [0.2, 0.25) is 0 Å². The zero-order valence-electron chi connectivity index (χ0n) is 9.41. The third-order valence-corrected chi connectivity index (χ3v) is 2.66. The first-order valence-corrected chi connectivity index (χ1v) is 5.18. The van der Waals surface area contributed by atoms with Crippen LogP contribution in [0.1, 0.15) is 24.0 Å². The molecular formula is C11H16N4. The molecule has 0 aliphatic heterocycles. The summed E-state index contributed by atoms with van der Waals surface area (Å²) in [6.07, 6.45) is 2.89. The largest absolute Gasteiger partial charge is 0.335 e. The summed E-state index contributed by atoms with van der Waals surface area (Å²) in [5.41, 5.74) is 8.83. The van der Waals surface area contributed by atoms with E-state index in [0.29, 0.717) is 6.54 Å². The van der Waals surface area contributed by atoms with Crippen molar-refractivity contribution in [2.45, 2.75) is 26.8 Å². The van der Waals surface area contributed by atoms with Crippen LogP contribution in [0.2, 0.25) is 0 Å². The number of hydrogen-bond acceptors (Lipinski definition) is 3. The Hall–Kier alpha value is -1.42. The fraction of sp³-hybridized carbons (Fsp3) is 0.455. The van der Waals surface area contributed by atoms with E-state index in [9.17, 15) is 0 Å². The van der Waals surface area contributed by atoms with E-state index in [1.165, 1.54) is 0 Å². The molecule has 0 unspecified atom stereocenters. The van der Waals surface area contributed by atoms with Gasteiger partial charge in [-0.2, -0.15) is 0 Å². The Labute approximate surface area is 89.1 Å². The van der Waals surface area contributed by atoms with Gasteiger partial charge in [0.05, 0.1) is 5.69 Å². The summed E-state index contributed by atoms with van der Waals surface area (Å²) in [5, 5.41) is 1.11. The zero-order chi connectivity index (χ0) is 11.0. The van der Waals surface area contributed by atoms with E-state index < -0.39 is 0 Å². The molecule has 0 spiro atoms. The normalized spacial score (nSPS) is 11.2. The molecule has 4 heteroatoms. The molecule has 0 aromatic carbocycles. The summed E-state index contributed by atoms with van der Waals surface area (Å²) in [7, 11) is 1.99. The van der Waals surface area contributed by atoms with E-state index in [4.69, 9.17) is 5.73 Å². The standard InChI is InChI=1S/C11H16N4/c1-4-9-13-7(2)10-8(5-12)6-15(3)11(10)14-9/h6H,4-5,12H2,1-3H3. The predicted octanol–water partition coefficient (Wildman–Crippen LogP) is 1.30. The molecule has 15 heavy (non-hydrogen) atoms. The Morgan fingerprint density at radius 2 is 2.13 bits per heavy atom. The van der Waals surface area contributed by atoms with Gasteiger partial charge in [-0.25, -0.2) is 9.97 Å². The molecule has 80 valence electrons. The highest BCUT2D eigenvalue weighted by atomic mass is 15.0. The van der Waals surface area contributed by atoms with Crippen molar-refractivity contribution in [3.05, 3.63) is 23.3 Å². The van der Waals surface area contributed by atoms with Crippen LogP contribution in [-0.2, 0) is 20.0 Å². The molecule has 0 aliphatic carbocycles. The van der Waals surface area contributed by atoms with Gasteiger partial charge in [0.1, 0.15) is 11.5 Å². The van der Waals surface area contributed by atoms with Gasteiger partial charge in [0, 0.05) is 31.6 Å². The molecule has 0 saturated carbocycles. The Morgan fingerprint density at radius 1 is 1.40 bits per heavy atom. The van der Waals surface area contributed by atoms with Crippen molar-refractivity contribution in [3.63, 3.8) is 0 Å². The van der Waals surface area contributed by atoms with Gasteiger partial charge < -0.3 is 10.3 Å². The van der Waals surface area contributed by atoms with Crippen molar-refractivity contribution in [2.75, 3.05) is 0 Å². The smallest absolute Gasteiger partial charge is 0.143 e. The van der Waals surface area contributed by atoms with Gasteiger partial charge in [0.15, 0.2) is 0 Å². The van der Waals surface area contributed by atoms with Crippen molar-refractivity contribution < 1.29 is 0 Å². The monoisotopic (exact) mass is 204 g/mol. The number of hydrogen-bond donors (Lipinski definition) is 1. The first-order chi connectivity index (χ1) is 7.17. The minimum atomic E-state index is 0.535. The van der Waals surface area contributed by atoms with Gasteiger partial charge in [-0.15, -0.1) is 0 Å². The van der Waals surface area contributed by atoms with Gasteiger partial charge in [-0.3, -0.25) is 0 Å². The molecule has 0 fully saturated rings. The average molecular weight is 204 g/mol. The van der Waals surface area contributed by atoms with E-state index in [-0.39, 0.29) is 0 Å². The SMILES string of the molecule is CCc1nc(C)c2c(CN)cn(C)c2n1. The second kappa shape index (κ2) is 3.62. The Morgan fingerprint density at radius 3 is 2.73 bits per heavy atom. The molecule has 0 amide bonds. The number of aromatic nitrogens is 3. The predicted molar refractivity (Wildman–Crippen MR) is 60.5 cm³/mol. The fourth-order valence-electron chi connectivity index (χ4n) is 1.92. The van der Waals surface area contributed by atoms with Crippen LogP contribution < -0.4 is 5.73 Å². The van der Waals surface area contributed by atoms with Crippen LogP contribution in [0.15, 0.2) is 6.20 Å². The number of rotatable bonds is 2. The van der Waals surface area contributed by atoms with Crippen LogP contribution in [0.3, 0.4) is 0 Å². The third-order valence-electron chi connectivity index (χ3n) is 2.66. The third kappa shape index (κ3) is 1.51. The number of fused-ring (bicyclic) bond motifs is 1. The molecule has 0 saturated heterocycles. The minimum absolute atomic E-state index is 0.535. The maximum absolute atomic E-state index is 5.70. The summed E-state index contributed by atoms with van der Waals surface area (Å²) in [4.78, 5) is 8.98. The summed E-state index contributed by atoms with van der Waals surface area (Å²) in [6.45, 7) is 4.61. The molecule has 2 rings (SSSR count). The number of nitrogens with two attached hydrogens (primary N) is 1. The lowest BCUT2D eigenvalue weighted by Crippen LogP contribution is -2.00. The highest BCUT2D eigenvalue weighted by Crippen LogP contribution is 2.21. The highest BCUT2D eigenvalue weighted by Gasteiger charge is 2.11. The van der Waals surface area contributed by atoms with Crippen LogP contribution >= 0.6 is 0 Å². The van der Waals surface area contributed by atoms with Crippen LogP contribution in [-0.4, -0.2) is 14.5 Å². The van der Waals surface area contributed by atoms with Crippen LogP contribution in [0, 0.1) is 6.92 Å². The first-order valence-electron chi connectivity index (χ1n) is 5.18. The topological polar surface area (TPSA) is 56.7 Å². The van der Waals surface area contributed by atoms with Crippen molar-refractivity contribution in [1.29, 1.82) is 0 Å². The quantitative estimate of drug-likeness (QED) is 0.802. The molecule has 2 aromatic rings. The second-order valence-corrected chi connectivity index (χ2v) is 3.75. The van der Waals surface area contributed by atoms with E-state index >= 15 is 0 Å². The lowest BCUT2D eigenvalue weighted by atomic mass is 10.2. The summed E-state index contributed by atoms with van der Waals surface area (Å²) < 4.78 is 2.02. The van der Waals surface area contributed by atoms with Crippen molar-refractivity contribution in [2.24, 2.45) is 12.8 Å². The maximum Gasteiger partial charge on any atom is 0.143 e. The van der Waals surface area contributed by atoms with Crippen LogP contribution in [0.4, 0.5) is 0 Å². The van der Waals surface area contributed by atoms with E-state index in [1.54, 1.807) is 0 Å². The van der Waals surface area contributed by atoms with Gasteiger partial charge >= 0.3 is 0 Å². The molecule has 2 heterocycles. The number of nitrogens with zero attached hydrogens (tertiary/aromatic N) is 3. The molecule has 0 aliphatic rings.